The summed E-state index contributed by atoms with van der Waals surface area (Å²) in [6, 6.07) is 11.9. The molecule has 0 radical (unpaired) electrons. The van der Waals surface area contributed by atoms with Gasteiger partial charge in [0.1, 0.15) is 0 Å². The summed E-state index contributed by atoms with van der Waals surface area (Å²) >= 11 is 11.7. The first-order valence-corrected chi connectivity index (χ1v) is 10.0. The first-order chi connectivity index (χ1) is 11.6. The van der Waals surface area contributed by atoms with E-state index in [2.05, 4.69) is 5.32 Å². The molecule has 1 amide bonds. The Kier molecular flexibility index (Phi) is 6.46. The van der Waals surface area contributed by atoms with E-state index in [1.807, 2.05) is 6.92 Å². The van der Waals surface area contributed by atoms with Gasteiger partial charge in [0.15, 0.2) is 0 Å². The van der Waals surface area contributed by atoms with Crippen LogP contribution in [0.2, 0.25) is 10.0 Å². The van der Waals surface area contributed by atoms with E-state index < -0.39 is 15.9 Å². The Balaban J connectivity index is 2.11. The molecule has 1 N–H and O–H groups in total. The highest BCUT2D eigenvalue weighted by atomic mass is 35.5. The highest BCUT2D eigenvalue weighted by molar-refractivity contribution is 7.88. The second kappa shape index (κ2) is 8.19. The maximum absolute atomic E-state index is 12.3. The van der Waals surface area contributed by atoms with Gasteiger partial charge in [-0.15, -0.1) is 0 Å². The third-order valence-electron chi connectivity index (χ3n) is 3.52. The average Bonchev–Trinajstić information content (AvgIpc) is 2.50. The number of nitrogens with one attached hydrogen (secondary N) is 1. The molecule has 0 aromatic heterocycles. The Hall–Kier alpha value is -1.60. The van der Waals surface area contributed by atoms with Gasteiger partial charge < -0.3 is 5.32 Å². The molecule has 2 aromatic rings. The highest BCUT2D eigenvalue weighted by Crippen LogP contribution is 2.20. The summed E-state index contributed by atoms with van der Waals surface area (Å²) in [4.78, 5) is 12.3. The predicted octanol–water partition coefficient (Wildman–Crippen LogP) is 3.70. The normalized spacial score (nSPS) is 11.6. The number of hydrogen-bond donors (Lipinski definition) is 1. The van der Waals surface area contributed by atoms with Crippen LogP contribution in [0.5, 0.6) is 0 Å². The van der Waals surface area contributed by atoms with Gasteiger partial charge in [-0.1, -0.05) is 35.3 Å². The van der Waals surface area contributed by atoms with Crippen LogP contribution < -0.4 is 5.32 Å². The predicted molar refractivity (Wildman–Crippen MR) is 102 cm³/mol. The van der Waals surface area contributed by atoms with Crippen molar-refractivity contribution in [2.75, 3.05) is 18.1 Å². The molecule has 0 atom stereocenters. The number of halogens is 2. The first-order valence-electron chi connectivity index (χ1n) is 7.41. The largest absolute Gasteiger partial charge is 0.325 e. The Morgan fingerprint density at radius 2 is 1.68 bits per heavy atom. The quantitative estimate of drug-likeness (QED) is 0.803. The Labute approximate surface area is 157 Å². The van der Waals surface area contributed by atoms with Crippen molar-refractivity contribution in [2.24, 2.45) is 0 Å². The van der Waals surface area contributed by atoms with E-state index in [0.717, 1.165) is 21.7 Å². The average molecular weight is 401 g/mol. The minimum atomic E-state index is -3.56. The summed E-state index contributed by atoms with van der Waals surface area (Å²) in [7, 11) is -3.56. The molecule has 8 heteroatoms. The van der Waals surface area contributed by atoms with Gasteiger partial charge in [0.05, 0.1) is 12.8 Å². The standard InChI is InChI=1S/C17H18Cl2N2O3S/c1-12-9-15(19)7-8-16(12)20-17(22)11-21(25(2,23)24)10-13-3-5-14(18)6-4-13/h3-9H,10-11H2,1-2H3,(H,20,22). The van der Waals surface area contributed by atoms with Crippen LogP contribution in [0.4, 0.5) is 5.69 Å². The summed E-state index contributed by atoms with van der Waals surface area (Å²) in [5, 5.41) is 3.84. The summed E-state index contributed by atoms with van der Waals surface area (Å²) in [6.07, 6.45) is 1.07. The van der Waals surface area contributed by atoms with Gasteiger partial charge >= 0.3 is 0 Å². The SMILES string of the molecule is Cc1cc(Cl)ccc1NC(=O)CN(Cc1ccc(Cl)cc1)S(C)(=O)=O. The number of sulfonamides is 1. The molecule has 2 rings (SSSR count). The number of amides is 1. The van der Waals surface area contributed by atoms with Crippen molar-refractivity contribution in [3.63, 3.8) is 0 Å². The van der Waals surface area contributed by atoms with Crippen LogP contribution in [0.15, 0.2) is 42.5 Å². The first kappa shape index (κ1) is 19.7. The zero-order valence-corrected chi connectivity index (χ0v) is 16.1. The van der Waals surface area contributed by atoms with Gasteiger partial charge in [-0.2, -0.15) is 4.31 Å². The summed E-state index contributed by atoms with van der Waals surface area (Å²) in [5.41, 5.74) is 2.13. The van der Waals surface area contributed by atoms with Gasteiger partial charge in [0.25, 0.3) is 0 Å². The third kappa shape index (κ3) is 6.01. The van der Waals surface area contributed by atoms with E-state index in [9.17, 15) is 13.2 Å². The van der Waals surface area contributed by atoms with Gasteiger partial charge in [0, 0.05) is 22.3 Å². The zero-order chi connectivity index (χ0) is 18.6. The van der Waals surface area contributed by atoms with Crippen LogP contribution in [-0.2, 0) is 21.4 Å². The monoisotopic (exact) mass is 400 g/mol. The molecule has 0 aliphatic heterocycles. The number of rotatable bonds is 6. The van der Waals surface area contributed by atoms with E-state index in [4.69, 9.17) is 23.2 Å². The molecule has 0 fully saturated rings. The molecule has 0 aliphatic rings. The molecule has 134 valence electrons. The molecule has 0 unspecified atom stereocenters. The summed E-state index contributed by atoms with van der Waals surface area (Å²) in [5.74, 6) is -0.426. The summed E-state index contributed by atoms with van der Waals surface area (Å²) in [6.45, 7) is 1.61. The number of nitrogens with zero attached hydrogens (tertiary/aromatic N) is 1. The molecule has 2 aromatic carbocycles. The second-order valence-corrected chi connectivity index (χ2v) is 8.52. The lowest BCUT2D eigenvalue weighted by atomic mass is 10.2. The molecular weight excluding hydrogens is 383 g/mol. The van der Waals surface area contributed by atoms with Crippen molar-refractivity contribution in [1.29, 1.82) is 0 Å². The maximum atomic E-state index is 12.3. The number of aryl methyl sites for hydroxylation is 1. The number of benzene rings is 2. The smallest absolute Gasteiger partial charge is 0.239 e. The fraction of sp³-hybridized carbons (Fsp3) is 0.235. The van der Waals surface area contributed by atoms with Crippen molar-refractivity contribution in [3.05, 3.63) is 63.6 Å². The zero-order valence-electron chi connectivity index (χ0n) is 13.8. The van der Waals surface area contributed by atoms with Crippen molar-refractivity contribution < 1.29 is 13.2 Å². The number of carbonyl (C=O) groups is 1. The molecule has 0 heterocycles. The van der Waals surface area contributed by atoms with E-state index in [-0.39, 0.29) is 13.1 Å². The van der Waals surface area contributed by atoms with Crippen LogP contribution in [0.25, 0.3) is 0 Å². The number of carbonyl (C=O) groups excluding carboxylic acids is 1. The second-order valence-electron chi connectivity index (χ2n) is 5.66. The Morgan fingerprint density at radius 1 is 1.08 bits per heavy atom. The fourth-order valence-electron chi connectivity index (χ4n) is 2.20. The topological polar surface area (TPSA) is 66.5 Å². The van der Waals surface area contributed by atoms with Crippen molar-refractivity contribution in [2.45, 2.75) is 13.5 Å². The lowest BCUT2D eigenvalue weighted by molar-refractivity contribution is -0.116. The minimum Gasteiger partial charge on any atom is -0.325 e. The van der Waals surface area contributed by atoms with Crippen LogP contribution in [0, 0.1) is 6.92 Å². The molecule has 0 spiro atoms. The molecule has 0 bridgehead atoms. The maximum Gasteiger partial charge on any atom is 0.239 e. The Morgan fingerprint density at radius 3 is 2.24 bits per heavy atom. The number of hydrogen-bond acceptors (Lipinski definition) is 3. The Bertz CT molecular complexity index is 868. The molecular formula is C17H18Cl2N2O3S. The van der Waals surface area contributed by atoms with Crippen molar-refractivity contribution in [3.8, 4) is 0 Å². The van der Waals surface area contributed by atoms with Crippen LogP contribution in [0.1, 0.15) is 11.1 Å². The third-order valence-corrected chi connectivity index (χ3v) is 5.21. The van der Waals surface area contributed by atoms with Gasteiger partial charge in [-0.05, 0) is 48.4 Å². The molecule has 0 saturated carbocycles. The molecule has 0 saturated heterocycles. The lowest BCUT2D eigenvalue weighted by Gasteiger charge is -2.20. The highest BCUT2D eigenvalue weighted by Gasteiger charge is 2.21. The molecule has 25 heavy (non-hydrogen) atoms. The van der Waals surface area contributed by atoms with Crippen LogP contribution >= 0.6 is 23.2 Å². The van der Waals surface area contributed by atoms with E-state index >= 15 is 0 Å². The number of anilines is 1. The molecule has 0 aliphatic carbocycles. The van der Waals surface area contributed by atoms with E-state index in [1.165, 1.54) is 0 Å². The summed E-state index contributed by atoms with van der Waals surface area (Å²) < 4.78 is 25.1. The van der Waals surface area contributed by atoms with Gasteiger partial charge in [-0.25, -0.2) is 8.42 Å². The van der Waals surface area contributed by atoms with Crippen molar-refractivity contribution >= 4 is 44.8 Å². The lowest BCUT2D eigenvalue weighted by Crippen LogP contribution is -2.37. The van der Waals surface area contributed by atoms with E-state index in [0.29, 0.717) is 15.7 Å². The fourth-order valence-corrected chi connectivity index (χ4v) is 3.29. The van der Waals surface area contributed by atoms with Gasteiger partial charge in [0.2, 0.25) is 15.9 Å². The van der Waals surface area contributed by atoms with Crippen LogP contribution in [-0.4, -0.2) is 31.4 Å². The van der Waals surface area contributed by atoms with E-state index in [1.54, 1.807) is 42.5 Å². The van der Waals surface area contributed by atoms with Gasteiger partial charge in [-0.3, -0.25) is 4.79 Å². The van der Waals surface area contributed by atoms with Crippen LogP contribution in [0.3, 0.4) is 0 Å². The molecule has 5 nitrogen and oxygen atoms in total. The van der Waals surface area contributed by atoms with Crippen molar-refractivity contribution in [1.82, 2.24) is 4.31 Å². The minimum absolute atomic E-state index is 0.0863.